The molecule has 1 aliphatic heterocycles. The Kier molecular flexibility index (Phi) is 7.85. The lowest BCUT2D eigenvalue weighted by Crippen LogP contribution is -2.43. The third-order valence-corrected chi connectivity index (χ3v) is 7.31. The number of amides is 1. The molecular weight excluding hydrogens is 530 g/mol. The molecule has 2 heterocycles. The molecule has 0 radical (unpaired) electrons. The zero-order valence-electron chi connectivity index (χ0n) is 22.5. The minimum atomic E-state index is -2.60. The molecule has 3 aromatic carbocycles. The minimum absolute atomic E-state index is 0.134. The quantitative estimate of drug-likeness (QED) is 0.212. The number of aromatic hydroxyl groups is 1. The topological polar surface area (TPSA) is 118 Å². The van der Waals surface area contributed by atoms with Gasteiger partial charge in [0.15, 0.2) is 5.88 Å². The summed E-state index contributed by atoms with van der Waals surface area (Å²) in [5.41, 5.74) is 3.77. The smallest absolute Gasteiger partial charge is 0.336 e. The lowest BCUT2D eigenvalue weighted by molar-refractivity contribution is -0.0547. The third kappa shape index (κ3) is 6.28. The van der Waals surface area contributed by atoms with Gasteiger partial charge < -0.3 is 25.4 Å². The SMILES string of the molecule is Cc1cc2c(C(=Nc3ccc(C(=O)NCCN4CCC(F)(F)CC4)cc3)c3ccccc3)c(O)[nH]c2cc1C(=O)O. The average molecular weight is 561 g/mol. The molecular formula is C31H30F2N4O4. The van der Waals surface area contributed by atoms with Crippen molar-refractivity contribution in [1.82, 2.24) is 15.2 Å². The first-order chi connectivity index (χ1) is 19.6. The van der Waals surface area contributed by atoms with Crippen LogP contribution in [0.1, 0.15) is 50.2 Å². The maximum Gasteiger partial charge on any atom is 0.336 e. The van der Waals surface area contributed by atoms with Gasteiger partial charge in [0.1, 0.15) is 0 Å². The minimum Gasteiger partial charge on any atom is -0.494 e. The van der Waals surface area contributed by atoms with Crippen LogP contribution in [0, 0.1) is 6.92 Å². The number of halogens is 2. The van der Waals surface area contributed by atoms with E-state index in [1.54, 1.807) is 37.3 Å². The summed E-state index contributed by atoms with van der Waals surface area (Å²) in [5, 5.41) is 23.9. The number of alkyl halides is 2. The molecule has 0 bridgehead atoms. The molecule has 0 aliphatic carbocycles. The number of nitrogens with zero attached hydrogens (tertiary/aromatic N) is 2. The molecule has 0 atom stereocenters. The Morgan fingerprint density at radius 2 is 1.71 bits per heavy atom. The van der Waals surface area contributed by atoms with E-state index >= 15 is 0 Å². The molecule has 4 aromatic rings. The number of benzene rings is 3. The number of aromatic carboxylic acids is 1. The highest BCUT2D eigenvalue weighted by atomic mass is 19.3. The van der Waals surface area contributed by atoms with Crippen molar-refractivity contribution in [3.05, 3.63) is 94.5 Å². The predicted octanol–water partition coefficient (Wildman–Crippen LogP) is 5.51. The van der Waals surface area contributed by atoms with Crippen LogP contribution < -0.4 is 5.32 Å². The number of aromatic nitrogens is 1. The summed E-state index contributed by atoms with van der Waals surface area (Å²) in [7, 11) is 0. The first-order valence-corrected chi connectivity index (χ1v) is 13.3. The number of rotatable bonds is 8. The van der Waals surface area contributed by atoms with E-state index in [2.05, 4.69) is 10.3 Å². The number of piperidine rings is 1. The van der Waals surface area contributed by atoms with Gasteiger partial charge in [0, 0.05) is 61.1 Å². The van der Waals surface area contributed by atoms with Crippen molar-refractivity contribution in [2.75, 3.05) is 26.2 Å². The number of nitrogens with one attached hydrogen (secondary N) is 2. The van der Waals surface area contributed by atoms with Crippen molar-refractivity contribution in [2.45, 2.75) is 25.7 Å². The van der Waals surface area contributed by atoms with Crippen LogP contribution in [0.5, 0.6) is 5.88 Å². The number of hydrogen-bond donors (Lipinski definition) is 4. The monoisotopic (exact) mass is 560 g/mol. The van der Waals surface area contributed by atoms with Crippen molar-refractivity contribution >= 4 is 34.2 Å². The lowest BCUT2D eigenvalue weighted by atomic mass is 9.98. The van der Waals surface area contributed by atoms with Gasteiger partial charge in [0.05, 0.1) is 22.5 Å². The van der Waals surface area contributed by atoms with Crippen LogP contribution in [0.3, 0.4) is 0 Å². The number of H-pyrrole nitrogens is 1. The molecule has 10 heteroatoms. The van der Waals surface area contributed by atoms with Gasteiger partial charge in [-0.3, -0.25) is 4.79 Å². The van der Waals surface area contributed by atoms with Crippen molar-refractivity contribution in [3.63, 3.8) is 0 Å². The summed E-state index contributed by atoms with van der Waals surface area (Å²) >= 11 is 0. The fourth-order valence-electron chi connectivity index (χ4n) is 5.02. The number of aliphatic imine (C=N–C) groups is 1. The van der Waals surface area contributed by atoms with E-state index in [-0.39, 0.29) is 30.2 Å². The Hall–Kier alpha value is -4.57. The molecule has 1 amide bonds. The maximum atomic E-state index is 13.3. The van der Waals surface area contributed by atoms with Gasteiger partial charge in [-0.15, -0.1) is 0 Å². The van der Waals surface area contributed by atoms with E-state index in [0.29, 0.717) is 65.2 Å². The second kappa shape index (κ2) is 11.5. The Bertz CT molecular complexity index is 1600. The highest BCUT2D eigenvalue weighted by Gasteiger charge is 2.33. The molecule has 0 unspecified atom stereocenters. The molecule has 1 fully saturated rings. The van der Waals surface area contributed by atoms with Crippen LogP contribution in [0.4, 0.5) is 14.5 Å². The zero-order chi connectivity index (χ0) is 29.1. The fourth-order valence-corrected chi connectivity index (χ4v) is 5.02. The first-order valence-electron chi connectivity index (χ1n) is 13.3. The number of aryl methyl sites for hydroxylation is 1. The predicted molar refractivity (Wildman–Crippen MR) is 153 cm³/mol. The number of carbonyl (C=O) groups excluding carboxylic acids is 1. The molecule has 5 rings (SSSR count). The number of likely N-dealkylation sites (tertiary alicyclic amines) is 1. The molecule has 8 nitrogen and oxygen atoms in total. The van der Waals surface area contributed by atoms with Crippen molar-refractivity contribution in [3.8, 4) is 5.88 Å². The summed E-state index contributed by atoms with van der Waals surface area (Å²) in [6, 6.07) is 19.2. The van der Waals surface area contributed by atoms with Crippen molar-refractivity contribution in [1.29, 1.82) is 0 Å². The highest BCUT2D eigenvalue weighted by Crippen LogP contribution is 2.33. The second-order valence-electron chi connectivity index (χ2n) is 10.2. The number of carboxylic acid groups (broad SMARTS) is 1. The van der Waals surface area contributed by atoms with Crippen LogP contribution in [-0.2, 0) is 0 Å². The van der Waals surface area contributed by atoms with Gasteiger partial charge in [0.2, 0.25) is 0 Å². The van der Waals surface area contributed by atoms with Crippen LogP contribution in [0.25, 0.3) is 10.9 Å². The number of carbonyl (C=O) groups is 2. The number of aromatic amines is 1. The van der Waals surface area contributed by atoms with Crippen LogP contribution in [0.15, 0.2) is 71.7 Å². The molecule has 0 spiro atoms. The molecule has 1 aliphatic rings. The van der Waals surface area contributed by atoms with E-state index < -0.39 is 11.9 Å². The van der Waals surface area contributed by atoms with Gasteiger partial charge in [-0.1, -0.05) is 30.3 Å². The zero-order valence-corrected chi connectivity index (χ0v) is 22.5. The Balaban J connectivity index is 1.38. The second-order valence-corrected chi connectivity index (χ2v) is 10.2. The number of hydrogen-bond acceptors (Lipinski definition) is 5. The Morgan fingerprint density at radius 3 is 2.37 bits per heavy atom. The number of fused-ring (bicyclic) bond motifs is 1. The highest BCUT2D eigenvalue weighted by molar-refractivity contribution is 6.22. The largest absolute Gasteiger partial charge is 0.494 e. The van der Waals surface area contributed by atoms with Gasteiger partial charge >= 0.3 is 5.97 Å². The average Bonchev–Trinajstić information content (AvgIpc) is 3.27. The lowest BCUT2D eigenvalue weighted by Gasteiger charge is -2.31. The number of carboxylic acids is 1. The normalized spacial score (nSPS) is 15.6. The fraction of sp³-hybridized carbons (Fsp3) is 0.258. The van der Waals surface area contributed by atoms with Gasteiger partial charge in [-0.2, -0.15) is 0 Å². The molecule has 1 saturated heterocycles. The van der Waals surface area contributed by atoms with E-state index in [1.807, 2.05) is 35.2 Å². The van der Waals surface area contributed by atoms with Gasteiger partial charge in [0.25, 0.3) is 11.8 Å². The molecule has 0 saturated carbocycles. The summed E-state index contributed by atoms with van der Waals surface area (Å²) in [4.78, 5) is 33.9. The van der Waals surface area contributed by atoms with E-state index in [9.17, 15) is 28.6 Å². The summed E-state index contributed by atoms with van der Waals surface area (Å²) in [6.07, 6.45) is -0.319. The van der Waals surface area contributed by atoms with Crippen LogP contribution in [0.2, 0.25) is 0 Å². The van der Waals surface area contributed by atoms with Crippen LogP contribution >= 0.6 is 0 Å². The van der Waals surface area contributed by atoms with Crippen molar-refractivity contribution < 1.29 is 28.6 Å². The molecule has 4 N–H and O–H groups in total. The standard InChI is InChI=1S/C31H30F2N4O4/c1-19-17-24-25(18-23(19)30(40)41)36-29(39)26(24)27(20-5-3-2-4-6-20)35-22-9-7-21(8-10-22)28(38)34-13-16-37-14-11-31(32,33)12-15-37/h2-10,17-18,36,39H,11-16H2,1H3,(H,34,38)(H,40,41). The first kappa shape index (κ1) is 28.0. The Morgan fingerprint density at radius 1 is 1.02 bits per heavy atom. The maximum absolute atomic E-state index is 13.3. The Labute approximate surface area is 235 Å². The summed E-state index contributed by atoms with van der Waals surface area (Å²) in [6.45, 7) is 3.18. The van der Waals surface area contributed by atoms with E-state index in [4.69, 9.17) is 4.99 Å². The molecule has 1 aromatic heterocycles. The van der Waals surface area contributed by atoms with Gasteiger partial charge in [-0.25, -0.2) is 18.6 Å². The van der Waals surface area contributed by atoms with E-state index in [0.717, 1.165) is 5.56 Å². The molecule has 212 valence electrons. The molecule has 41 heavy (non-hydrogen) atoms. The summed E-state index contributed by atoms with van der Waals surface area (Å²) in [5.74, 6) is -4.07. The van der Waals surface area contributed by atoms with Gasteiger partial charge in [-0.05, 0) is 48.9 Å². The van der Waals surface area contributed by atoms with E-state index in [1.165, 1.54) is 6.07 Å². The van der Waals surface area contributed by atoms with Crippen molar-refractivity contribution in [2.24, 2.45) is 4.99 Å². The summed E-state index contributed by atoms with van der Waals surface area (Å²) < 4.78 is 26.7. The van der Waals surface area contributed by atoms with Crippen LogP contribution in [-0.4, -0.2) is 69.8 Å². The third-order valence-electron chi connectivity index (χ3n) is 7.31.